The van der Waals surface area contributed by atoms with Crippen LogP contribution < -0.4 is 11.5 Å². The van der Waals surface area contributed by atoms with Crippen molar-refractivity contribution in [2.45, 2.75) is 58.6 Å². The fraction of sp³-hybridized carbons (Fsp3) is 0.857. The molecule has 0 aliphatic carbocycles. The molecule has 0 aliphatic heterocycles. The van der Waals surface area contributed by atoms with Gasteiger partial charge in [0.1, 0.15) is 11.6 Å². The molecule has 0 aromatic carbocycles. The third kappa shape index (κ3) is 8.43. The number of esters is 1. The minimum absolute atomic E-state index is 0.0771. The maximum atomic E-state index is 12.0. The van der Waals surface area contributed by atoms with Crippen molar-refractivity contribution in [1.29, 1.82) is 0 Å². The Labute approximate surface area is 126 Å². The Hall–Kier alpha value is -0.750. The van der Waals surface area contributed by atoms with E-state index in [4.69, 9.17) is 16.2 Å². The Morgan fingerprint density at radius 2 is 1.95 bits per heavy atom. The summed E-state index contributed by atoms with van der Waals surface area (Å²) in [5.41, 5.74) is 11.2. The lowest BCUT2D eigenvalue weighted by Gasteiger charge is -2.26. The summed E-state index contributed by atoms with van der Waals surface area (Å²) in [6.07, 6.45) is 4.49. The molecule has 0 radical (unpaired) electrons. The second kappa shape index (κ2) is 9.23. The molecule has 0 saturated heterocycles. The molecule has 0 aromatic rings. The Morgan fingerprint density at radius 1 is 1.35 bits per heavy atom. The number of carbonyl (C=O) groups excluding carboxylic acids is 1. The summed E-state index contributed by atoms with van der Waals surface area (Å²) in [6, 6.07) is -0.597. The van der Waals surface area contributed by atoms with Crippen molar-refractivity contribution in [2.24, 2.45) is 22.4 Å². The molecule has 0 bridgehead atoms. The van der Waals surface area contributed by atoms with Crippen molar-refractivity contribution in [1.82, 2.24) is 0 Å². The number of nitrogens with zero attached hydrogens (tertiary/aromatic N) is 1. The second-order valence-corrected chi connectivity index (χ2v) is 6.65. The molecule has 0 amide bonds. The van der Waals surface area contributed by atoms with Gasteiger partial charge in [-0.1, -0.05) is 25.1 Å². The molecule has 0 fully saturated rings. The molecule has 0 spiro atoms. The van der Waals surface area contributed by atoms with Gasteiger partial charge in [0, 0.05) is 6.54 Å². The minimum atomic E-state index is -0.597. The van der Waals surface area contributed by atoms with Crippen LogP contribution in [0.4, 0.5) is 0 Å². The van der Waals surface area contributed by atoms with Gasteiger partial charge in [0.2, 0.25) is 0 Å². The van der Waals surface area contributed by atoms with Crippen LogP contribution in [0.15, 0.2) is 4.99 Å². The monoisotopic (exact) mass is 303 g/mol. The number of nitrogens with two attached hydrogens (primary N) is 2. The summed E-state index contributed by atoms with van der Waals surface area (Å²) >= 11 is 1.42. The number of aliphatic imine (C=N–C) groups is 1. The van der Waals surface area contributed by atoms with Crippen LogP contribution in [-0.2, 0) is 9.53 Å². The van der Waals surface area contributed by atoms with Crippen LogP contribution in [0.5, 0.6) is 0 Å². The van der Waals surface area contributed by atoms with Crippen molar-refractivity contribution < 1.29 is 9.53 Å². The van der Waals surface area contributed by atoms with E-state index in [9.17, 15) is 4.79 Å². The summed E-state index contributed by atoms with van der Waals surface area (Å²) in [4.78, 5) is 16.2. The standard InChI is InChI=1S/C14H29N3O2S/c1-6-7-10(8-9-17-13(16)20-5)11(15)12(18)19-14(2,3)4/h10-11H,6-9,15H2,1-5H3,(H2,16,17)/t10-,11-/m0/s1. The predicted molar refractivity (Wildman–Crippen MR) is 86.8 cm³/mol. The zero-order valence-electron chi connectivity index (χ0n) is 13.3. The van der Waals surface area contributed by atoms with Gasteiger partial charge in [-0.3, -0.25) is 9.79 Å². The lowest BCUT2D eigenvalue weighted by Crippen LogP contribution is -2.42. The molecule has 0 heterocycles. The normalized spacial score (nSPS) is 15.8. The fourth-order valence-corrected chi connectivity index (χ4v) is 2.06. The second-order valence-electron chi connectivity index (χ2n) is 5.82. The van der Waals surface area contributed by atoms with Gasteiger partial charge in [0.15, 0.2) is 5.17 Å². The molecule has 20 heavy (non-hydrogen) atoms. The van der Waals surface area contributed by atoms with E-state index >= 15 is 0 Å². The number of hydrogen-bond donors (Lipinski definition) is 2. The molecule has 0 aliphatic rings. The summed E-state index contributed by atoms with van der Waals surface area (Å²) in [6.45, 7) is 8.20. The average molecular weight is 303 g/mol. The SMILES string of the molecule is CCC[C@@H](CCN=C(N)SC)[C@H](N)C(=O)OC(C)(C)C. The molecule has 0 saturated carbocycles. The third-order valence-corrected chi connectivity index (χ3v) is 3.37. The van der Waals surface area contributed by atoms with Gasteiger partial charge < -0.3 is 16.2 Å². The van der Waals surface area contributed by atoms with Crippen molar-refractivity contribution >= 4 is 22.9 Å². The number of amidine groups is 1. The molecule has 0 rings (SSSR count). The summed E-state index contributed by atoms with van der Waals surface area (Å²) in [5, 5.41) is 0.561. The Balaban J connectivity index is 4.53. The van der Waals surface area contributed by atoms with Crippen molar-refractivity contribution in [3.05, 3.63) is 0 Å². The summed E-state index contributed by atoms with van der Waals surface area (Å²) < 4.78 is 5.35. The van der Waals surface area contributed by atoms with Gasteiger partial charge in [-0.2, -0.15) is 0 Å². The van der Waals surface area contributed by atoms with E-state index in [0.29, 0.717) is 11.7 Å². The largest absolute Gasteiger partial charge is 0.459 e. The first-order valence-corrected chi connectivity index (χ1v) is 8.26. The van der Waals surface area contributed by atoms with Gasteiger partial charge in [-0.15, -0.1) is 0 Å². The first-order chi connectivity index (χ1) is 9.21. The smallest absolute Gasteiger partial charge is 0.323 e. The van der Waals surface area contributed by atoms with Crippen LogP contribution in [0.3, 0.4) is 0 Å². The number of thioether (sulfide) groups is 1. The Bertz CT molecular complexity index is 327. The zero-order chi connectivity index (χ0) is 15.8. The summed E-state index contributed by atoms with van der Waals surface area (Å²) in [5.74, 6) is -0.258. The third-order valence-electron chi connectivity index (χ3n) is 2.82. The minimum Gasteiger partial charge on any atom is -0.459 e. The number of rotatable bonds is 7. The highest BCUT2D eigenvalue weighted by Gasteiger charge is 2.28. The van der Waals surface area contributed by atoms with E-state index in [2.05, 4.69) is 11.9 Å². The highest BCUT2D eigenvalue weighted by atomic mass is 32.2. The van der Waals surface area contributed by atoms with Crippen LogP contribution in [0.25, 0.3) is 0 Å². The van der Waals surface area contributed by atoms with Crippen LogP contribution in [-0.4, -0.2) is 35.6 Å². The van der Waals surface area contributed by atoms with Gasteiger partial charge in [-0.05, 0) is 45.8 Å². The Morgan fingerprint density at radius 3 is 2.40 bits per heavy atom. The van der Waals surface area contributed by atoms with Crippen LogP contribution >= 0.6 is 11.8 Å². The maximum Gasteiger partial charge on any atom is 0.323 e. The average Bonchev–Trinajstić information content (AvgIpc) is 2.34. The van der Waals surface area contributed by atoms with E-state index in [0.717, 1.165) is 19.3 Å². The van der Waals surface area contributed by atoms with Gasteiger partial charge in [0.25, 0.3) is 0 Å². The maximum absolute atomic E-state index is 12.0. The van der Waals surface area contributed by atoms with Gasteiger partial charge in [-0.25, -0.2) is 0 Å². The lowest BCUT2D eigenvalue weighted by molar-refractivity contribution is -0.158. The molecule has 0 unspecified atom stereocenters. The predicted octanol–water partition coefficient (Wildman–Crippen LogP) is 2.14. The molecule has 4 N–H and O–H groups in total. The lowest BCUT2D eigenvalue weighted by atomic mass is 9.92. The molecular weight excluding hydrogens is 274 g/mol. The van der Waals surface area contributed by atoms with Crippen molar-refractivity contribution in [3.63, 3.8) is 0 Å². The van der Waals surface area contributed by atoms with E-state index in [1.165, 1.54) is 11.8 Å². The van der Waals surface area contributed by atoms with E-state index in [-0.39, 0.29) is 11.9 Å². The topological polar surface area (TPSA) is 90.7 Å². The van der Waals surface area contributed by atoms with Crippen LogP contribution in [0, 0.1) is 5.92 Å². The van der Waals surface area contributed by atoms with E-state index in [1.807, 2.05) is 27.0 Å². The first kappa shape index (κ1) is 19.2. The van der Waals surface area contributed by atoms with Crippen LogP contribution in [0.1, 0.15) is 47.0 Å². The Kier molecular flexibility index (Phi) is 8.89. The first-order valence-electron chi connectivity index (χ1n) is 7.03. The van der Waals surface area contributed by atoms with Crippen molar-refractivity contribution in [2.75, 3.05) is 12.8 Å². The van der Waals surface area contributed by atoms with Crippen LogP contribution in [0.2, 0.25) is 0 Å². The molecule has 6 heteroatoms. The molecule has 118 valence electrons. The molecular formula is C14H29N3O2S. The highest BCUT2D eigenvalue weighted by molar-refractivity contribution is 8.13. The number of carbonyl (C=O) groups is 1. The van der Waals surface area contributed by atoms with E-state index < -0.39 is 11.6 Å². The quantitative estimate of drug-likeness (QED) is 0.427. The van der Waals surface area contributed by atoms with E-state index in [1.54, 1.807) is 0 Å². The zero-order valence-corrected chi connectivity index (χ0v) is 14.1. The van der Waals surface area contributed by atoms with Gasteiger partial charge in [0.05, 0.1) is 0 Å². The number of hydrogen-bond acceptors (Lipinski definition) is 5. The highest BCUT2D eigenvalue weighted by Crippen LogP contribution is 2.18. The summed E-state index contributed by atoms with van der Waals surface area (Å²) in [7, 11) is 0. The molecule has 5 nitrogen and oxygen atoms in total. The molecule has 2 atom stereocenters. The van der Waals surface area contributed by atoms with Crippen molar-refractivity contribution in [3.8, 4) is 0 Å². The fourth-order valence-electron chi connectivity index (χ4n) is 1.84. The molecule has 0 aromatic heterocycles. The van der Waals surface area contributed by atoms with Gasteiger partial charge >= 0.3 is 5.97 Å². The number of ether oxygens (including phenoxy) is 1.